The number of rotatable bonds is 2. The molecule has 2 aliphatic rings. The zero-order valence-electron chi connectivity index (χ0n) is 10.1. The number of hydrogen-bond donors (Lipinski definition) is 1. The van der Waals surface area contributed by atoms with Gasteiger partial charge >= 0.3 is 0 Å². The van der Waals surface area contributed by atoms with Crippen molar-refractivity contribution in [1.29, 1.82) is 0 Å². The molecule has 86 valence electrons. The normalized spacial score (nSPS) is 32.1. The van der Waals surface area contributed by atoms with Crippen LogP contribution in [-0.2, 0) is 0 Å². The highest BCUT2D eigenvalue weighted by atomic mass is 15.0. The Morgan fingerprint density at radius 2 is 1.73 bits per heavy atom. The Balaban J connectivity index is 1.85. The summed E-state index contributed by atoms with van der Waals surface area (Å²) in [4.78, 5) is 0. The van der Waals surface area contributed by atoms with Crippen molar-refractivity contribution >= 4 is 0 Å². The molecule has 2 aliphatic carbocycles. The fraction of sp³-hybridized carbons (Fsp3) is 0.857. The predicted octanol–water partition coefficient (Wildman–Crippen LogP) is 3.80. The van der Waals surface area contributed by atoms with Crippen molar-refractivity contribution in [2.24, 2.45) is 0 Å². The molecule has 0 heterocycles. The standard InChI is InChI=1S/C14H25N/c1-2-12-8-6-7-11-14(12)15-13-9-4-3-5-10-13/h2,13-15H,3-11H2,1H3. The molecule has 2 rings (SSSR count). The third kappa shape index (κ3) is 3.07. The Morgan fingerprint density at radius 1 is 1.00 bits per heavy atom. The molecule has 2 saturated carbocycles. The number of nitrogens with one attached hydrogen (secondary N) is 1. The Morgan fingerprint density at radius 3 is 2.47 bits per heavy atom. The van der Waals surface area contributed by atoms with Crippen LogP contribution in [0, 0.1) is 0 Å². The van der Waals surface area contributed by atoms with Crippen LogP contribution in [0.2, 0.25) is 0 Å². The highest BCUT2D eigenvalue weighted by molar-refractivity contribution is 5.12. The minimum Gasteiger partial charge on any atom is -0.308 e. The van der Waals surface area contributed by atoms with Crippen LogP contribution < -0.4 is 5.32 Å². The maximum Gasteiger partial charge on any atom is 0.0281 e. The van der Waals surface area contributed by atoms with Crippen molar-refractivity contribution in [3.05, 3.63) is 11.6 Å². The highest BCUT2D eigenvalue weighted by Gasteiger charge is 2.22. The number of hydrogen-bond acceptors (Lipinski definition) is 1. The molecular formula is C14H25N. The molecule has 0 aromatic carbocycles. The molecule has 1 heteroatoms. The first-order chi connectivity index (χ1) is 7.40. The van der Waals surface area contributed by atoms with Gasteiger partial charge in [0, 0.05) is 12.1 Å². The van der Waals surface area contributed by atoms with E-state index in [0.29, 0.717) is 6.04 Å². The summed E-state index contributed by atoms with van der Waals surface area (Å²) in [7, 11) is 0. The summed E-state index contributed by atoms with van der Waals surface area (Å²) in [6, 6.07) is 1.53. The van der Waals surface area contributed by atoms with Crippen LogP contribution in [0.1, 0.15) is 64.7 Å². The summed E-state index contributed by atoms with van der Waals surface area (Å²) in [5, 5.41) is 3.89. The fourth-order valence-electron chi connectivity index (χ4n) is 3.13. The lowest BCUT2D eigenvalue weighted by molar-refractivity contribution is 0.327. The van der Waals surface area contributed by atoms with Gasteiger partial charge in [-0.05, 0) is 39.0 Å². The Hall–Kier alpha value is -0.300. The maximum absolute atomic E-state index is 3.89. The number of allylic oxidation sites excluding steroid dienone is 1. The van der Waals surface area contributed by atoms with Crippen LogP contribution in [0.15, 0.2) is 11.6 Å². The van der Waals surface area contributed by atoms with Gasteiger partial charge in [-0.2, -0.15) is 0 Å². The van der Waals surface area contributed by atoms with Gasteiger partial charge in [-0.1, -0.05) is 37.3 Å². The van der Waals surface area contributed by atoms with Crippen molar-refractivity contribution in [1.82, 2.24) is 5.32 Å². The van der Waals surface area contributed by atoms with Crippen LogP contribution in [0.4, 0.5) is 0 Å². The molecule has 1 unspecified atom stereocenters. The summed E-state index contributed by atoms with van der Waals surface area (Å²) in [5.74, 6) is 0. The molecule has 2 fully saturated rings. The maximum atomic E-state index is 3.89. The lowest BCUT2D eigenvalue weighted by Crippen LogP contribution is -2.41. The molecule has 0 spiro atoms. The molecule has 1 nitrogen and oxygen atoms in total. The molecule has 0 aromatic heterocycles. The monoisotopic (exact) mass is 207 g/mol. The van der Waals surface area contributed by atoms with Crippen molar-refractivity contribution in [2.75, 3.05) is 0 Å². The summed E-state index contributed by atoms with van der Waals surface area (Å²) in [6.07, 6.45) is 15.0. The molecule has 0 amide bonds. The minimum absolute atomic E-state index is 0.715. The lowest BCUT2D eigenvalue weighted by Gasteiger charge is -2.32. The van der Waals surface area contributed by atoms with E-state index in [0.717, 1.165) is 6.04 Å². The molecular weight excluding hydrogens is 182 g/mol. The third-order valence-corrected chi connectivity index (χ3v) is 4.07. The van der Waals surface area contributed by atoms with E-state index in [9.17, 15) is 0 Å². The summed E-state index contributed by atoms with van der Waals surface area (Å²) < 4.78 is 0. The van der Waals surface area contributed by atoms with Crippen LogP contribution in [0.25, 0.3) is 0 Å². The van der Waals surface area contributed by atoms with Gasteiger partial charge in [-0.3, -0.25) is 0 Å². The highest BCUT2D eigenvalue weighted by Crippen LogP contribution is 2.26. The zero-order chi connectivity index (χ0) is 10.5. The summed E-state index contributed by atoms with van der Waals surface area (Å²) >= 11 is 0. The molecule has 15 heavy (non-hydrogen) atoms. The zero-order valence-corrected chi connectivity index (χ0v) is 10.1. The Bertz CT molecular complexity index is 213. The van der Waals surface area contributed by atoms with Crippen LogP contribution in [0.5, 0.6) is 0 Å². The first-order valence-corrected chi connectivity index (χ1v) is 6.81. The summed E-state index contributed by atoms with van der Waals surface area (Å²) in [5.41, 5.74) is 1.67. The first kappa shape index (κ1) is 11.2. The quantitative estimate of drug-likeness (QED) is 0.679. The molecule has 1 atom stereocenters. The second kappa shape index (κ2) is 5.69. The van der Waals surface area contributed by atoms with Gasteiger partial charge in [0.1, 0.15) is 0 Å². The predicted molar refractivity (Wildman–Crippen MR) is 66.0 cm³/mol. The molecule has 0 saturated heterocycles. The second-order valence-corrected chi connectivity index (χ2v) is 5.16. The van der Waals surface area contributed by atoms with Gasteiger partial charge in [-0.25, -0.2) is 0 Å². The van der Waals surface area contributed by atoms with Crippen LogP contribution in [0.3, 0.4) is 0 Å². The van der Waals surface area contributed by atoms with Crippen molar-refractivity contribution in [3.63, 3.8) is 0 Å². The minimum atomic E-state index is 0.715. The van der Waals surface area contributed by atoms with E-state index in [4.69, 9.17) is 0 Å². The third-order valence-electron chi connectivity index (χ3n) is 4.07. The van der Waals surface area contributed by atoms with Crippen molar-refractivity contribution < 1.29 is 0 Å². The molecule has 0 bridgehead atoms. The Kier molecular flexibility index (Phi) is 4.25. The van der Waals surface area contributed by atoms with Gasteiger partial charge in [0.2, 0.25) is 0 Å². The molecule has 0 aliphatic heterocycles. The average molecular weight is 207 g/mol. The van der Waals surface area contributed by atoms with E-state index in [-0.39, 0.29) is 0 Å². The molecule has 1 N–H and O–H groups in total. The fourth-order valence-corrected chi connectivity index (χ4v) is 3.13. The van der Waals surface area contributed by atoms with E-state index < -0.39 is 0 Å². The van der Waals surface area contributed by atoms with E-state index in [1.165, 1.54) is 57.8 Å². The van der Waals surface area contributed by atoms with E-state index >= 15 is 0 Å². The van der Waals surface area contributed by atoms with Gasteiger partial charge in [0.15, 0.2) is 0 Å². The topological polar surface area (TPSA) is 12.0 Å². The molecule has 0 radical (unpaired) electrons. The van der Waals surface area contributed by atoms with Crippen molar-refractivity contribution in [2.45, 2.75) is 76.8 Å². The smallest absolute Gasteiger partial charge is 0.0281 e. The molecule has 0 aromatic rings. The van der Waals surface area contributed by atoms with Gasteiger partial charge in [0.05, 0.1) is 0 Å². The van der Waals surface area contributed by atoms with E-state index in [2.05, 4.69) is 18.3 Å². The van der Waals surface area contributed by atoms with E-state index in [1.54, 1.807) is 5.57 Å². The van der Waals surface area contributed by atoms with E-state index in [1.807, 2.05) is 0 Å². The SMILES string of the molecule is CC=C1CCCCC1NC1CCCCC1. The van der Waals surface area contributed by atoms with Crippen molar-refractivity contribution in [3.8, 4) is 0 Å². The van der Waals surface area contributed by atoms with Gasteiger partial charge in [-0.15, -0.1) is 0 Å². The average Bonchev–Trinajstić information content (AvgIpc) is 2.31. The van der Waals surface area contributed by atoms with Gasteiger partial charge < -0.3 is 5.32 Å². The lowest BCUT2D eigenvalue weighted by atomic mass is 9.87. The van der Waals surface area contributed by atoms with Gasteiger partial charge in [0.25, 0.3) is 0 Å². The second-order valence-electron chi connectivity index (χ2n) is 5.16. The largest absolute Gasteiger partial charge is 0.308 e. The Labute approximate surface area is 94.3 Å². The van der Waals surface area contributed by atoms with Crippen LogP contribution >= 0.6 is 0 Å². The summed E-state index contributed by atoms with van der Waals surface area (Å²) in [6.45, 7) is 2.20. The van der Waals surface area contributed by atoms with Crippen LogP contribution in [-0.4, -0.2) is 12.1 Å². The first-order valence-electron chi connectivity index (χ1n) is 6.81.